The van der Waals surface area contributed by atoms with Gasteiger partial charge in [0.1, 0.15) is 0 Å². The highest BCUT2D eigenvalue weighted by Crippen LogP contribution is 2.32. The first kappa shape index (κ1) is 11.1. The van der Waals surface area contributed by atoms with Crippen LogP contribution in [-0.2, 0) is 0 Å². The zero-order chi connectivity index (χ0) is 10.7. The summed E-state index contributed by atoms with van der Waals surface area (Å²) in [7, 11) is 0. The second kappa shape index (κ2) is 5.08. The minimum atomic E-state index is 0.223. The molecule has 0 aromatic carbocycles. The average Bonchev–Trinajstić information content (AvgIpc) is 2.66. The van der Waals surface area contributed by atoms with Gasteiger partial charge in [0.2, 0.25) is 0 Å². The van der Waals surface area contributed by atoms with Crippen LogP contribution >= 0.6 is 11.3 Å². The van der Waals surface area contributed by atoms with Gasteiger partial charge in [-0.1, -0.05) is 32.1 Å². The lowest BCUT2D eigenvalue weighted by Gasteiger charge is -2.24. The summed E-state index contributed by atoms with van der Waals surface area (Å²) in [5, 5.41) is 0. The molecule has 1 unspecified atom stereocenters. The normalized spacial score (nSPS) is 20.4. The van der Waals surface area contributed by atoms with E-state index in [0.717, 1.165) is 18.0 Å². The molecule has 1 aliphatic carbocycles. The molecule has 1 aliphatic rings. The van der Waals surface area contributed by atoms with Crippen molar-refractivity contribution in [3.63, 3.8) is 0 Å². The number of nitrogens with two attached hydrogens (primary N) is 1. The Hall–Kier alpha value is -0.410. The fraction of sp³-hybridized carbons (Fsp3) is 0.750. The predicted octanol–water partition coefficient (Wildman–Crippen LogP) is 3.42. The Bertz CT molecular complexity index is 302. The van der Waals surface area contributed by atoms with Crippen molar-refractivity contribution in [3.8, 4) is 0 Å². The third-order valence-corrected chi connectivity index (χ3v) is 4.49. The zero-order valence-corrected chi connectivity index (χ0v) is 10.2. The van der Waals surface area contributed by atoms with E-state index >= 15 is 0 Å². The van der Waals surface area contributed by atoms with Crippen molar-refractivity contribution in [1.29, 1.82) is 0 Å². The van der Waals surface area contributed by atoms with Crippen molar-refractivity contribution in [3.05, 3.63) is 16.1 Å². The predicted molar refractivity (Wildman–Crippen MR) is 65.0 cm³/mol. The summed E-state index contributed by atoms with van der Waals surface area (Å²) in [6, 6.07) is 0.223. The van der Waals surface area contributed by atoms with Gasteiger partial charge < -0.3 is 5.73 Å². The lowest BCUT2D eigenvalue weighted by molar-refractivity contribution is 0.320. The molecule has 2 nitrogen and oxygen atoms in total. The number of rotatable bonds is 3. The third-order valence-electron chi connectivity index (χ3n) is 3.43. The largest absolute Gasteiger partial charge is 0.323 e. The van der Waals surface area contributed by atoms with E-state index in [-0.39, 0.29) is 6.04 Å². The molecule has 0 saturated heterocycles. The van der Waals surface area contributed by atoms with Crippen molar-refractivity contribution in [1.82, 2.24) is 4.98 Å². The molecule has 1 heterocycles. The van der Waals surface area contributed by atoms with Gasteiger partial charge in [-0.05, 0) is 19.3 Å². The van der Waals surface area contributed by atoms with E-state index in [1.54, 1.807) is 11.3 Å². The second-order valence-electron chi connectivity index (χ2n) is 4.65. The highest BCUT2D eigenvalue weighted by molar-refractivity contribution is 7.09. The summed E-state index contributed by atoms with van der Waals surface area (Å²) in [6.07, 6.45) is 8.14. The molecule has 2 rings (SSSR count). The minimum absolute atomic E-state index is 0.223. The zero-order valence-electron chi connectivity index (χ0n) is 9.41. The average molecular weight is 224 g/mol. The van der Waals surface area contributed by atoms with Crippen LogP contribution in [-0.4, -0.2) is 4.98 Å². The van der Waals surface area contributed by atoms with Crippen molar-refractivity contribution < 1.29 is 0 Å². The van der Waals surface area contributed by atoms with Crippen molar-refractivity contribution >= 4 is 11.3 Å². The SMILES string of the molecule is Cc1ncsc1C(N)CC1CCCCC1. The number of aromatic nitrogens is 1. The molecular formula is C12H20N2S. The Labute approximate surface area is 95.9 Å². The summed E-state index contributed by atoms with van der Waals surface area (Å²) in [5.41, 5.74) is 9.28. The minimum Gasteiger partial charge on any atom is -0.323 e. The van der Waals surface area contributed by atoms with Crippen LogP contribution in [0.2, 0.25) is 0 Å². The van der Waals surface area contributed by atoms with Gasteiger partial charge in [0.15, 0.2) is 0 Å². The van der Waals surface area contributed by atoms with Gasteiger partial charge in [0, 0.05) is 10.9 Å². The Morgan fingerprint density at radius 1 is 1.47 bits per heavy atom. The fourth-order valence-corrected chi connectivity index (χ4v) is 3.37. The van der Waals surface area contributed by atoms with Gasteiger partial charge in [0.05, 0.1) is 11.2 Å². The summed E-state index contributed by atoms with van der Waals surface area (Å²) in [5.74, 6) is 0.857. The molecule has 84 valence electrons. The lowest BCUT2D eigenvalue weighted by Crippen LogP contribution is -2.17. The monoisotopic (exact) mass is 224 g/mol. The molecule has 0 bridgehead atoms. The fourth-order valence-electron chi connectivity index (χ4n) is 2.56. The first-order valence-corrected chi connectivity index (χ1v) is 6.81. The van der Waals surface area contributed by atoms with Crippen LogP contribution in [0.15, 0.2) is 5.51 Å². The number of nitrogens with zero attached hydrogens (tertiary/aromatic N) is 1. The van der Waals surface area contributed by atoms with Crippen molar-refractivity contribution in [2.75, 3.05) is 0 Å². The summed E-state index contributed by atoms with van der Waals surface area (Å²) >= 11 is 1.71. The Morgan fingerprint density at radius 3 is 2.80 bits per heavy atom. The van der Waals surface area contributed by atoms with Crippen molar-refractivity contribution in [2.24, 2.45) is 11.7 Å². The van der Waals surface area contributed by atoms with Gasteiger partial charge in [-0.3, -0.25) is 0 Å². The molecule has 0 aliphatic heterocycles. The molecule has 1 fully saturated rings. The molecule has 0 amide bonds. The molecule has 1 atom stereocenters. The molecule has 1 aromatic heterocycles. The summed E-state index contributed by atoms with van der Waals surface area (Å²) < 4.78 is 0. The standard InChI is InChI=1S/C12H20N2S/c1-9-12(15-8-14-9)11(13)7-10-5-3-2-4-6-10/h8,10-11H,2-7,13H2,1H3. The van der Waals surface area contributed by atoms with E-state index < -0.39 is 0 Å². The topological polar surface area (TPSA) is 38.9 Å². The Kier molecular flexibility index (Phi) is 3.76. The van der Waals surface area contributed by atoms with Crippen LogP contribution < -0.4 is 5.73 Å². The van der Waals surface area contributed by atoms with E-state index in [9.17, 15) is 0 Å². The molecule has 15 heavy (non-hydrogen) atoms. The lowest BCUT2D eigenvalue weighted by atomic mass is 9.84. The Balaban J connectivity index is 1.91. The first-order valence-electron chi connectivity index (χ1n) is 5.93. The third kappa shape index (κ3) is 2.79. The maximum atomic E-state index is 6.24. The van der Waals surface area contributed by atoms with Gasteiger partial charge in [-0.25, -0.2) is 4.98 Å². The van der Waals surface area contributed by atoms with Crippen LogP contribution in [0.25, 0.3) is 0 Å². The van der Waals surface area contributed by atoms with E-state index in [1.165, 1.54) is 37.0 Å². The molecule has 3 heteroatoms. The quantitative estimate of drug-likeness (QED) is 0.854. The molecular weight excluding hydrogens is 204 g/mol. The smallest absolute Gasteiger partial charge is 0.0798 e. The van der Waals surface area contributed by atoms with Crippen LogP contribution in [0.4, 0.5) is 0 Å². The van der Waals surface area contributed by atoms with Gasteiger partial charge >= 0.3 is 0 Å². The number of hydrogen-bond acceptors (Lipinski definition) is 3. The Morgan fingerprint density at radius 2 is 2.20 bits per heavy atom. The summed E-state index contributed by atoms with van der Waals surface area (Å²) in [6.45, 7) is 2.06. The number of thiazole rings is 1. The van der Waals surface area contributed by atoms with Crippen LogP contribution in [0.5, 0.6) is 0 Å². The molecule has 2 N–H and O–H groups in total. The van der Waals surface area contributed by atoms with Gasteiger partial charge in [0.25, 0.3) is 0 Å². The maximum absolute atomic E-state index is 6.24. The van der Waals surface area contributed by atoms with Crippen molar-refractivity contribution in [2.45, 2.75) is 51.5 Å². The second-order valence-corrected chi connectivity index (χ2v) is 5.53. The number of aryl methyl sites for hydroxylation is 1. The van der Waals surface area contributed by atoms with Gasteiger partial charge in [-0.2, -0.15) is 0 Å². The highest BCUT2D eigenvalue weighted by atomic mass is 32.1. The van der Waals surface area contributed by atoms with Crippen LogP contribution in [0, 0.1) is 12.8 Å². The van der Waals surface area contributed by atoms with Gasteiger partial charge in [-0.15, -0.1) is 11.3 Å². The van der Waals surface area contributed by atoms with E-state index in [2.05, 4.69) is 11.9 Å². The van der Waals surface area contributed by atoms with E-state index in [0.29, 0.717) is 0 Å². The molecule has 1 aromatic rings. The molecule has 1 saturated carbocycles. The molecule has 0 radical (unpaired) electrons. The maximum Gasteiger partial charge on any atom is 0.0798 e. The summed E-state index contributed by atoms with van der Waals surface area (Å²) in [4.78, 5) is 5.56. The van der Waals surface area contributed by atoms with E-state index in [1.807, 2.05) is 5.51 Å². The van der Waals surface area contributed by atoms with E-state index in [4.69, 9.17) is 5.73 Å². The number of hydrogen-bond donors (Lipinski definition) is 1. The van der Waals surface area contributed by atoms with Crippen LogP contribution in [0.1, 0.15) is 55.1 Å². The molecule has 0 spiro atoms. The highest BCUT2D eigenvalue weighted by Gasteiger charge is 2.19. The first-order chi connectivity index (χ1) is 7.27. The van der Waals surface area contributed by atoms with Crippen LogP contribution in [0.3, 0.4) is 0 Å².